The summed E-state index contributed by atoms with van der Waals surface area (Å²) in [6, 6.07) is 8.85. The standard InChI is InChI=1S/C16H14N2O3S/c1-3-20-16(19)11-5-4-6-12(8-11)21-14-13-7-10(2)22-15(13)18-9-17-14/h4-9H,3H2,1-2H3. The summed E-state index contributed by atoms with van der Waals surface area (Å²) < 4.78 is 10.8. The molecule has 0 saturated carbocycles. The van der Waals surface area contributed by atoms with Crippen LogP contribution in [-0.4, -0.2) is 22.5 Å². The van der Waals surface area contributed by atoms with Crippen LogP contribution in [0.15, 0.2) is 36.7 Å². The first-order valence-corrected chi connectivity index (χ1v) is 7.65. The zero-order chi connectivity index (χ0) is 15.5. The Labute approximate surface area is 131 Å². The summed E-state index contributed by atoms with van der Waals surface area (Å²) in [4.78, 5) is 22.2. The van der Waals surface area contributed by atoms with Crippen LogP contribution in [0.5, 0.6) is 11.6 Å². The number of thiophene rings is 1. The molecule has 6 heteroatoms. The highest BCUT2D eigenvalue weighted by molar-refractivity contribution is 7.18. The Hall–Kier alpha value is -2.47. The number of rotatable bonds is 4. The molecule has 0 atom stereocenters. The number of carbonyl (C=O) groups is 1. The summed E-state index contributed by atoms with van der Waals surface area (Å²) in [7, 11) is 0. The maximum absolute atomic E-state index is 11.8. The Morgan fingerprint density at radius 3 is 2.95 bits per heavy atom. The molecule has 0 aliphatic rings. The van der Waals surface area contributed by atoms with Gasteiger partial charge < -0.3 is 9.47 Å². The number of nitrogens with zero attached hydrogens (tertiary/aromatic N) is 2. The first-order valence-electron chi connectivity index (χ1n) is 6.83. The zero-order valence-corrected chi connectivity index (χ0v) is 13.0. The predicted octanol–water partition coefficient (Wildman–Crippen LogP) is 3.97. The molecular formula is C16H14N2O3S. The molecule has 0 saturated heterocycles. The minimum Gasteiger partial charge on any atom is -0.462 e. The third-order valence-corrected chi connectivity index (χ3v) is 3.93. The highest BCUT2D eigenvalue weighted by atomic mass is 32.1. The SMILES string of the molecule is CCOC(=O)c1cccc(Oc2ncnc3sc(C)cc23)c1. The van der Waals surface area contributed by atoms with Gasteiger partial charge in [-0.3, -0.25) is 0 Å². The van der Waals surface area contributed by atoms with E-state index >= 15 is 0 Å². The lowest BCUT2D eigenvalue weighted by Gasteiger charge is -2.07. The maximum atomic E-state index is 11.8. The van der Waals surface area contributed by atoms with Crippen LogP contribution in [0.25, 0.3) is 10.2 Å². The summed E-state index contributed by atoms with van der Waals surface area (Å²) >= 11 is 1.59. The van der Waals surface area contributed by atoms with E-state index in [4.69, 9.17) is 9.47 Å². The van der Waals surface area contributed by atoms with Crippen LogP contribution >= 0.6 is 11.3 Å². The Morgan fingerprint density at radius 1 is 1.27 bits per heavy atom. The molecule has 0 N–H and O–H groups in total. The lowest BCUT2D eigenvalue weighted by molar-refractivity contribution is 0.0526. The van der Waals surface area contributed by atoms with Gasteiger partial charge in [0, 0.05) is 4.88 Å². The van der Waals surface area contributed by atoms with Crippen LogP contribution in [0, 0.1) is 6.92 Å². The molecule has 0 aliphatic carbocycles. The van der Waals surface area contributed by atoms with Crippen LogP contribution in [0.3, 0.4) is 0 Å². The van der Waals surface area contributed by atoms with Crippen molar-refractivity contribution in [3.8, 4) is 11.6 Å². The van der Waals surface area contributed by atoms with Gasteiger partial charge in [-0.25, -0.2) is 14.8 Å². The normalized spacial score (nSPS) is 10.6. The van der Waals surface area contributed by atoms with Gasteiger partial charge in [0.15, 0.2) is 0 Å². The van der Waals surface area contributed by atoms with Crippen molar-refractivity contribution in [1.82, 2.24) is 9.97 Å². The number of benzene rings is 1. The fourth-order valence-electron chi connectivity index (χ4n) is 2.05. The molecular weight excluding hydrogens is 300 g/mol. The number of aryl methyl sites for hydroxylation is 1. The molecule has 0 radical (unpaired) electrons. The topological polar surface area (TPSA) is 61.3 Å². The second kappa shape index (κ2) is 6.11. The molecule has 0 aliphatic heterocycles. The number of hydrogen-bond donors (Lipinski definition) is 0. The van der Waals surface area contributed by atoms with Crippen molar-refractivity contribution < 1.29 is 14.3 Å². The van der Waals surface area contributed by atoms with Gasteiger partial charge in [0.25, 0.3) is 0 Å². The summed E-state index contributed by atoms with van der Waals surface area (Å²) in [6.07, 6.45) is 1.48. The van der Waals surface area contributed by atoms with Crippen LogP contribution in [-0.2, 0) is 4.74 Å². The van der Waals surface area contributed by atoms with Gasteiger partial charge in [-0.1, -0.05) is 6.07 Å². The molecule has 0 fully saturated rings. The van der Waals surface area contributed by atoms with Gasteiger partial charge in [-0.05, 0) is 38.1 Å². The van der Waals surface area contributed by atoms with Gasteiger partial charge in [-0.2, -0.15) is 0 Å². The second-order valence-electron chi connectivity index (χ2n) is 4.61. The van der Waals surface area contributed by atoms with Gasteiger partial charge >= 0.3 is 5.97 Å². The van der Waals surface area contributed by atoms with Crippen LogP contribution in [0.1, 0.15) is 22.2 Å². The first-order chi connectivity index (χ1) is 10.7. The molecule has 0 amide bonds. The quantitative estimate of drug-likeness (QED) is 0.682. The fourth-order valence-corrected chi connectivity index (χ4v) is 2.89. The average molecular weight is 314 g/mol. The van der Waals surface area contributed by atoms with Gasteiger partial charge in [0.05, 0.1) is 17.6 Å². The van der Waals surface area contributed by atoms with Crippen molar-refractivity contribution in [2.75, 3.05) is 6.61 Å². The number of fused-ring (bicyclic) bond motifs is 1. The van der Waals surface area contributed by atoms with E-state index in [1.807, 2.05) is 13.0 Å². The molecule has 0 unspecified atom stereocenters. The van der Waals surface area contributed by atoms with E-state index in [1.54, 1.807) is 42.5 Å². The van der Waals surface area contributed by atoms with E-state index in [2.05, 4.69) is 9.97 Å². The largest absolute Gasteiger partial charge is 0.462 e. The summed E-state index contributed by atoms with van der Waals surface area (Å²) in [5.74, 6) is 0.650. The molecule has 3 rings (SSSR count). The molecule has 2 aromatic heterocycles. The van der Waals surface area contributed by atoms with Crippen LogP contribution in [0.2, 0.25) is 0 Å². The predicted molar refractivity (Wildman–Crippen MR) is 84.6 cm³/mol. The van der Waals surface area contributed by atoms with E-state index in [9.17, 15) is 4.79 Å². The Morgan fingerprint density at radius 2 is 2.14 bits per heavy atom. The van der Waals surface area contributed by atoms with E-state index in [1.165, 1.54) is 6.33 Å². The molecule has 2 heterocycles. The number of esters is 1. The zero-order valence-electron chi connectivity index (χ0n) is 12.2. The van der Waals surface area contributed by atoms with Gasteiger partial charge in [-0.15, -0.1) is 11.3 Å². The summed E-state index contributed by atoms with van der Waals surface area (Å²) in [5, 5.41) is 0.867. The third kappa shape index (κ3) is 2.92. The van der Waals surface area contributed by atoms with Crippen LogP contribution < -0.4 is 4.74 Å². The minimum atomic E-state index is -0.368. The van der Waals surface area contributed by atoms with Gasteiger partial charge in [0.2, 0.25) is 5.88 Å². The molecule has 112 valence electrons. The number of aromatic nitrogens is 2. The van der Waals surface area contributed by atoms with Crippen LogP contribution in [0.4, 0.5) is 0 Å². The Bertz CT molecular complexity index is 829. The fraction of sp³-hybridized carbons (Fsp3) is 0.188. The average Bonchev–Trinajstić information content (AvgIpc) is 2.89. The maximum Gasteiger partial charge on any atom is 0.338 e. The smallest absolute Gasteiger partial charge is 0.338 e. The van der Waals surface area contributed by atoms with E-state index in [-0.39, 0.29) is 5.97 Å². The van der Waals surface area contributed by atoms with Crippen molar-refractivity contribution in [3.05, 3.63) is 47.1 Å². The monoisotopic (exact) mass is 314 g/mol. The van der Waals surface area contributed by atoms with E-state index < -0.39 is 0 Å². The van der Waals surface area contributed by atoms with Crippen molar-refractivity contribution in [1.29, 1.82) is 0 Å². The Kier molecular flexibility index (Phi) is 4.02. The molecule has 0 bridgehead atoms. The van der Waals surface area contributed by atoms with E-state index in [0.29, 0.717) is 23.8 Å². The molecule has 1 aromatic carbocycles. The molecule has 22 heavy (non-hydrogen) atoms. The second-order valence-corrected chi connectivity index (χ2v) is 5.84. The molecule has 0 spiro atoms. The number of hydrogen-bond acceptors (Lipinski definition) is 6. The molecule has 3 aromatic rings. The minimum absolute atomic E-state index is 0.338. The van der Waals surface area contributed by atoms with Crippen molar-refractivity contribution in [3.63, 3.8) is 0 Å². The van der Waals surface area contributed by atoms with Crippen molar-refractivity contribution >= 4 is 27.5 Å². The third-order valence-electron chi connectivity index (χ3n) is 2.98. The van der Waals surface area contributed by atoms with E-state index in [0.717, 1.165) is 15.1 Å². The highest BCUT2D eigenvalue weighted by Gasteiger charge is 2.11. The number of carbonyl (C=O) groups excluding carboxylic acids is 1. The Balaban J connectivity index is 1.92. The van der Waals surface area contributed by atoms with Gasteiger partial charge in [0.1, 0.15) is 16.9 Å². The lowest BCUT2D eigenvalue weighted by atomic mass is 10.2. The first kappa shape index (κ1) is 14.5. The molecule has 5 nitrogen and oxygen atoms in total. The summed E-state index contributed by atoms with van der Waals surface area (Å²) in [6.45, 7) is 4.12. The number of ether oxygens (including phenoxy) is 2. The van der Waals surface area contributed by atoms with Crippen molar-refractivity contribution in [2.45, 2.75) is 13.8 Å². The van der Waals surface area contributed by atoms with Crippen molar-refractivity contribution in [2.24, 2.45) is 0 Å². The summed E-state index contributed by atoms with van der Waals surface area (Å²) in [5.41, 5.74) is 0.450. The highest BCUT2D eigenvalue weighted by Crippen LogP contribution is 2.31. The lowest BCUT2D eigenvalue weighted by Crippen LogP contribution is -2.04.